The van der Waals surface area contributed by atoms with Gasteiger partial charge < -0.3 is 9.47 Å². The Kier molecular flexibility index (Phi) is 10.6. The fourth-order valence-electron chi connectivity index (χ4n) is 1.76. The van der Waals surface area contributed by atoms with E-state index in [0.29, 0.717) is 13.1 Å². The van der Waals surface area contributed by atoms with E-state index < -0.39 is 7.47 Å². The summed E-state index contributed by atoms with van der Waals surface area (Å²) >= 11 is 12.4. The molecule has 0 fully saturated rings. The van der Waals surface area contributed by atoms with Gasteiger partial charge in [0.15, 0.2) is 7.47 Å². The van der Waals surface area contributed by atoms with E-state index in [1.54, 1.807) is 0 Å². The molecule has 9 heteroatoms. The second-order valence-electron chi connectivity index (χ2n) is 4.41. The highest BCUT2D eigenvalue weighted by Gasteiger charge is 2.17. The number of benzene rings is 1. The van der Waals surface area contributed by atoms with Gasteiger partial charge in [0, 0.05) is 0 Å². The predicted molar refractivity (Wildman–Crippen MR) is 102 cm³/mol. The average molecular weight is 582 g/mol. The average Bonchev–Trinajstić information content (AvgIpc) is 2.53. The first kappa shape index (κ1) is 21.1. The fraction of sp³-hybridized carbons (Fsp3) is 0.429. The van der Waals surface area contributed by atoms with Crippen molar-refractivity contribution in [1.29, 1.82) is 0 Å². The maximum Gasteiger partial charge on any atom is 0.330 e. The van der Waals surface area contributed by atoms with Crippen molar-refractivity contribution in [2.24, 2.45) is 0 Å². The summed E-state index contributed by atoms with van der Waals surface area (Å²) in [5.74, 6) is -0.740. The molecule has 128 valence electrons. The lowest BCUT2D eigenvalue weighted by Crippen LogP contribution is -3.08. The van der Waals surface area contributed by atoms with Gasteiger partial charge in [-0.15, -0.1) is 0 Å². The highest BCUT2D eigenvalue weighted by Crippen LogP contribution is 2.10. The lowest BCUT2D eigenvalue weighted by atomic mass is 10.3. The third kappa shape index (κ3) is 8.62. The first-order valence-corrected chi connectivity index (χ1v) is 10.4. The molecular weight excluding hydrogens is 566 g/mol. The molecule has 5 nitrogen and oxygen atoms in total. The zero-order chi connectivity index (χ0) is 17.2. The number of carbonyl (C=O) groups is 2. The highest BCUT2D eigenvalue weighted by molar-refractivity contribution is 9.25. The molecule has 1 N–H and O–H groups in total. The zero-order valence-electron chi connectivity index (χ0n) is 12.0. The first-order valence-electron chi connectivity index (χ1n) is 6.71. The van der Waals surface area contributed by atoms with E-state index in [1.165, 1.54) is 0 Å². The summed E-state index contributed by atoms with van der Waals surface area (Å²) in [6.07, 6.45) is 0. The van der Waals surface area contributed by atoms with Gasteiger partial charge >= 0.3 is 11.9 Å². The van der Waals surface area contributed by atoms with Crippen molar-refractivity contribution in [2.45, 2.75) is 7.47 Å². The van der Waals surface area contributed by atoms with Crippen molar-refractivity contribution >= 4 is 81.3 Å². The van der Waals surface area contributed by atoms with Crippen molar-refractivity contribution in [2.75, 3.05) is 26.3 Å². The molecule has 0 saturated heterocycles. The largest absolute Gasteiger partial charge is 0.458 e. The van der Waals surface area contributed by atoms with Crippen molar-refractivity contribution < 1.29 is 24.0 Å². The predicted octanol–water partition coefficient (Wildman–Crippen LogP) is 2.52. The molecular formula is C14H16Br4NO4+. The van der Waals surface area contributed by atoms with Crippen LogP contribution in [0, 0.1) is 0 Å². The van der Waals surface area contributed by atoms with Crippen LogP contribution >= 0.6 is 63.7 Å². The van der Waals surface area contributed by atoms with Crippen LogP contribution in [0.4, 0.5) is 5.69 Å². The van der Waals surface area contributed by atoms with E-state index in [4.69, 9.17) is 9.47 Å². The van der Waals surface area contributed by atoms with Crippen molar-refractivity contribution in [3.8, 4) is 0 Å². The van der Waals surface area contributed by atoms with Gasteiger partial charge in [-0.3, -0.25) is 4.90 Å². The smallest absolute Gasteiger partial charge is 0.330 e. The van der Waals surface area contributed by atoms with Gasteiger partial charge in [-0.25, -0.2) is 9.59 Å². The van der Waals surface area contributed by atoms with Crippen LogP contribution in [0.5, 0.6) is 0 Å². The summed E-state index contributed by atoms with van der Waals surface area (Å²) in [5.41, 5.74) is 1.04. The lowest BCUT2D eigenvalue weighted by Gasteiger charge is -2.19. The van der Waals surface area contributed by atoms with E-state index in [-0.39, 0.29) is 25.2 Å². The number of nitrogens with one attached hydrogen (secondary N) is 1. The number of carbonyl (C=O) groups excluding carboxylic acids is 2. The Labute approximate surface area is 168 Å². The minimum absolute atomic E-state index is 0.268. The number of ether oxygens (including phenoxy) is 2. The van der Waals surface area contributed by atoms with E-state index >= 15 is 0 Å². The van der Waals surface area contributed by atoms with E-state index in [1.807, 2.05) is 30.3 Å². The standard InChI is InChI=1S/C14H15Br4NO4/c15-11(16)13(20)22-8-6-19(10-4-2-1-3-5-10)7-9-23-14(21)12(17)18/h1-5,11-12H,6-9H2/p+1. The van der Waals surface area contributed by atoms with Crippen LogP contribution in [0.15, 0.2) is 30.3 Å². The Morgan fingerprint density at radius 2 is 1.30 bits per heavy atom. The van der Waals surface area contributed by atoms with Crippen molar-refractivity contribution in [3.63, 3.8) is 0 Å². The molecule has 0 aliphatic carbocycles. The number of hydrogen-bond acceptors (Lipinski definition) is 4. The normalized spacial score (nSPS) is 11.1. The lowest BCUT2D eigenvalue weighted by molar-refractivity contribution is -0.833. The second kappa shape index (κ2) is 11.6. The van der Waals surface area contributed by atoms with Gasteiger partial charge in [0.05, 0.1) is 0 Å². The molecule has 1 rings (SSSR count). The highest BCUT2D eigenvalue weighted by atomic mass is 79.9. The van der Waals surface area contributed by atoms with E-state index in [2.05, 4.69) is 63.7 Å². The molecule has 0 aromatic heterocycles. The van der Waals surface area contributed by atoms with Crippen LogP contribution in [-0.2, 0) is 19.1 Å². The molecule has 0 aliphatic heterocycles. The number of rotatable bonds is 9. The molecule has 1 aromatic carbocycles. The molecule has 0 atom stereocenters. The number of esters is 2. The molecule has 0 spiro atoms. The Morgan fingerprint density at radius 3 is 1.70 bits per heavy atom. The Balaban J connectivity index is 2.53. The molecule has 23 heavy (non-hydrogen) atoms. The fourth-order valence-corrected chi connectivity index (χ4v) is 2.29. The number of hydrogen-bond donors (Lipinski definition) is 1. The molecule has 0 aliphatic rings. The SMILES string of the molecule is O=C(OCC[NH+](CCOC(=O)C(Br)Br)c1ccccc1)C(Br)Br. The summed E-state index contributed by atoms with van der Waals surface area (Å²) in [5, 5.41) is 0. The van der Waals surface area contributed by atoms with Gasteiger partial charge in [0.2, 0.25) is 0 Å². The second-order valence-corrected chi connectivity index (χ2v) is 10.5. The molecule has 0 heterocycles. The number of halogens is 4. The van der Waals surface area contributed by atoms with Crippen molar-refractivity contribution in [3.05, 3.63) is 30.3 Å². The maximum atomic E-state index is 11.4. The summed E-state index contributed by atoms with van der Waals surface area (Å²) in [6.45, 7) is 1.69. The van der Waals surface area contributed by atoms with Gasteiger partial charge in [-0.1, -0.05) is 81.9 Å². The Bertz CT molecular complexity index is 473. The molecule has 1 aromatic rings. The summed E-state index contributed by atoms with van der Waals surface area (Å²) in [4.78, 5) is 23.9. The molecule has 0 radical (unpaired) electrons. The summed E-state index contributed by atoms with van der Waals surface area (Å²) in [6, 6.07) is 9.77. The number of quaternary nitrogens is 1. The third-order valence-corrected chi connectivity index (χ3v) is 4.33. The van der Waals surface area contributed by atoms with Crippen molar-refractivity contribution in [1.82, 2.24) is 0 Å². The van der Waals surface area contributed by atoms with Crippen LogP contribution in [0.25, 0.3) is 0 Å². The summed E-state index contributed by atoms with van der Waals surface area (Å²) in [7, 11) is 0. The topological polar surface area (TPSA) is 57.0 Å². The Hall–Kier alpha value is 0.0400. The molecule has 0 unspecified atom stereocenters. The van der Waals surface area contributed by atoms with Gasteiger partial charge in [0.1, 0.15) is 32.0 Å². The van der Waals surface area contributed by atoms with Crippen LogP contribution < -0.4 is 4.90 Å². The van der Waals surface area contributed by atoms with Crippen LogP contribution in [0.2, 0.25) is 0 Å². The van der Waals surface area contributed by atoms with Crippen LogP contribution in [0.1, 0.15) is 0 Å². The van der Waals surface area contributed by atoms with E-state index in [9.17, 15) is 9.59 Å². The van der Waals surface area contributed by atoms with Crippen LogP contribution in [-0.4, -0.2) is 45.7 Å². The summed E-state index contributed by atoms with van der Waals surface area (Å²) < 4.78 is 9.27. The first-order chi connectivity index (χ1) is 10.9. The number of alkyl halides is 4. The van der Waals surface area contributed by atoms with Crippen LogP contribution in [0.3, 0.4) is 0 Å². The Morgan fingerprint density at radius 1 is 0.870 bits per heavy atom. The van der Waals surface area contributed by atoms with Gasteiger partial charge in [-0.2, -0.15) is 0 Å². The quantitative estimate of drug-likeness (QED) is 0.360. The monoisotopic (exact) mass is 578 g/mol. The maximum absolute atomic E-state index is 11.4. The molecule has 0 amide bonds. The van der Waals surface area contributed by atoms with Gasteiger partial charge in [0.25, 0.3) is 0 Å². The molecule has 0 bridgehead atoms. The third-order valence-electron chi connectivity index (χ3n) is 2.83. The van der Waals surface area contributed by atoms with E-state index in [0.717, 1.165) is 10.6 Å². The molecule has 0 saturated carbocycles. The van der Waals surface area contributed by atoms with Gasteiger partial charge in [-0.05, 0) is 12.1 Å². The minimum atomic E-state index is -0.508. The zero-order valence-corrected chi connectivity index (χ0v) is 18.4. The minimum Gasteiger partial charge on any atom is -0.458 e. The number of para-hydroxylation sites is 1.